The van der Waals surface area contributed by atoms with E-state index in [0.29, 0.717) is 11.4 Å². The van der Waals surface area contributed by atoms with Gasteiger partial charge in [0.2, 0.25) is 0 Å². The first-order valence-electron chi connectivity index (χ1n) is 12.0. The summed E-state index contributed by atoms with van der Waals surface area (Å²) in [4.78, 5) is 2.38. The summed E-state index contributed by atoms with van der Waals surface area (Å²) in [5, 5.41) is 1.73. The Hall–Kier alpha value is -2.14. The average molecular weight is 540 g/mol. The van der Waals surface area contributed by atoms with Crippen LogP contribution in [0.4, 0.5) is 18.2 Å². The van der Waals surface area contributed by atoms with E-state index in [1.807, 2.05) is 31.2 Å². The highest BCUT2D eigenvalue weighted by Crippen LogP contribution is 2.39. The molecule has 1 aliphatic rings. The Morgan fingerprint density at radius 2 is 1.78 bits per heavy atom. The molecule has 1 fully saturated rings. The van der Waals surface area contributed by atoms with E-state index in [0.717, 1.165) is 40.5 Å². The van der Waals surface area contributed by atoms with Crippen LogP contribution < -0.4 is 9.04 Å². The molecule has 0 aliphatic carbocycles. The molecule has 4 atom stereocenters. The maximum Gasteiger partial charge on any atom is 0.573 e. The number of alkyl halides is 3. The number of benzene rings is 2. The van der Waals surface area contributed by atoms with Gasteiger partial charge in [-0.15, -0.1) is 24.5 Å². The smallest absolute Gasteiger partial charge is 0.573 e. The Morgan fingerprint density at radius 1 is 1.14 bits per heavy atom. The van der Waals surface area contributed by atoms with Gasteiger partial charge in [-0.1, -0.05) is 36.8 Å². The molecule has 5 nitrogen and oxygen atoms in total. The fourth-order valence-corrected chi connectivity index (χ4v) is 7.31. The Kier molecular flexibility index (Phi) is 8.28. The summed E-state index contributed by atoms with van der Waals surface area (Å²) in [7, 11) is 0. The number of anilines is 1. The van der Waals surface area contributed by atoms with E-state index in [1.165, 1.54) is 27.8 Å². The number of aryl methyl sites for hydroxylation is 1. The molecule has 0 spiro atoms. The van der Waals surface area contributed by atoms with E-state index < -0.39 is 17.6 Å². The van der Waals surface area contributed by atoms with Gasteiger partial charge in [-0.3, -0.25) is 13.4 Å². The van der Waals surface area contributed by atoms with Crippen LogP contribution in [-0.4, -0.2) is 44.7 Å². The lowest BCUT2D eigenvalue weighted by molar-refractivity contribution is -0.274. The van der Waals surface area contributed by atoms with E-state index in [-0.39, 0.29) is 30.4 Å². The van der Waals surface area contributed by atoms with Gasteiger partial charge in [0, 0.05) is 40.6 Å². The van der Waals surface area contributed by atoms with Crippen LogP contribution in [0, 0.1) is 6.92 Å². The van der Waals surface area contributed by atoms with Crippen molar-refractivity contribution < 1.29 is 26.7 Å². The molecule has 2 aromatic carbocycles. The second kappa shape index (κ2) is 11.1. The summed E-state index contributed by atoms with van der Waals surface area (Å²) in [5.74, 6) is -0.273. The Balaban J connectivity index is 1.65. The van der Waals surface area contributed by atoms with Crippen LogP contribution >= 0.6 is 11.3 Å². The molecule has 4 unspecified atom stereocenters. The maximum absolute atomic E-state index is 12.6. The maximum atomic E-state index is 12.6. The van der Waals surface area contributed by atoms with Crippen LogP contribution in [-0.2, 0) is 17.7 Å². The molecule has 36 heavy (non-hydrogen) atoms. The zero-order chi connectivity index (χ0) is 26.0. The van der Waals surface area contributed by atoms with E-state index in [4.69, 9.17) is 0 Å². The van der Waals surface area contributed by atoms with Gasteiger partial charge < -0.3 is 9.29 Å². The molecule has 10 heteroatoms. The Morgan fingerprint density at radius 3 is 2.36 bits per heavy atom. The number of nitrogens with zero attached hydrogens (tertiary/aromatic N) is 2. The summed E-state index contributed by atoms with van der Waals surface area (Å²) in [6, 6.07) is 14.1. The van der Waals surface area contributed by atoms with Crippen molar-refractivity contribution in [2.24, 2.45) is 0 Å². The number of ether oxygens (including phenoxy) is 1. The SMILES string of the molecule is Cc1c(N(CC(Cc2ccc(OC(F)(F)F)cc2)N2C(C)CCCC2C)S(=O)[O-])sc2ccccc12. The third-order valence-electron chi connectivity index (χ3n) is 6.91. The van der Waals surface area contributed by atoms with Crippen LogP contribution in [0.25, 0.3) is 10.1 Å². The first-order chi connectivity index (χ1) is 17.0. The molecule has 0 bridgehead atoms. The van der Waals surface area contributed by atoms with Crippen LogP contribution in [0.1, 0.15) is 44.2 Å². The fourth-order valence-electron chi connectivity index (χ4n) is 5.33. The van der Waals surface area contributed by atoms with Crippen molar-refractivity contribution >= 4 is 37.7 Å². The number of thiophene rings is 1. The molecule has 196 valence electrons. The average Bonchev–Trinajstić information content (AvgIpc) is 3.13. The number of hydrogen-bond acceptors (Lipinski definition) is 5. The molecule has 0 radical (unpaired) electrons. The van der Waals surface area contributed by atoms with Gasteiger partial charge in [0.15, 0.2) is 0 Å². The second-order valence-electron chi connectivity index (χ2n) is 9.43. The highest BCUT2D eigenvalue weighted by molar-refractivity contribution is 7.81. The molecule has 0 saturated carbocycles. The lowest BCUT2D eigenvalue weighted by Gasteiger charge is -2.46. The molecule has 0 amide bonds. The van der Waals surface area contributed by atoms with Crippen molar-refractivity contribution in [3.8, 4) is 5.75 Å². The van der Waals surface area contributed by atoms with E-state index >= 15 is 0 Å². The van der Waals surface area contributed by atoms with E-state index in [2.05, 4.69) is 23.5 Å². The van der Waals surface area contributed by atoms with E-state index in [1.54, 1.807) is 12.1 Å². The summed E-state index contributed by atoms with van der Waals surface area (Å²) in [6.45, 7) is 6.51. The van der Waals surface area contributed by atoms with E-state index in [9.17, 15) is 21.9 Å². The predicted octanol–water partition coefficient (Wildman–Crippen LogP) is 6.58. The summed E-state index contributed by atoms with van der Waals surface area (Å²) < 4.78 is 69.3. The van der Waals surface area contributed by atoms with Crippen molar-refractivity contribution in [2.45, 2.75) is 70.9 Å². The highest BCUT2D eigenvalue weighted by atomic mass is 32.2. The molecule has 0 N–H and O–H groups in total. The van der Waals surface area contributed by atoms with Gasteiger partial charge >= 0.3 is 6.36 Å². The van der Waals surface area contributed by atoms with Gasteiger partial charge in [-0.2, -0.15) is 0 Å². The number of fused-ring (bicyclic) bond motifs is 1. The van der Waals surface area contributed by atoms with Crippen LogP contribution in [0.15, 0.2) is 48.5 Å². The van der Waals surface area contributed by atoms with Crippen LogP contribution in [0.5, 0.6) is 5.75 Å². The third kappa shape index (κ3) is 6.22. The molecule has 1 aliphatic heterocycles. The van der Waals surface area contributed by atoms with Crippen molar-refractivity contribution in [2.75, 3.05) is 10.8 Å². The number of hydrogen-bond donors (Lipinski definition) is 0. The molecule has 1 aromatic heterocycles. The number of piperidine rings is 1. The van der Waals surface area contributed by atoms with Gasteiger partial charge in [0.25, 0.3) is 0 Å². The second-order valence-corrected chi connectivity index (χ2v) is 11.3. The van der Waals surface area contributed by atoms with Crippen molar-refractivity contribution in [3.05, 3.63) is 59.7 Å². The zero-order valence-electron chi connectivity index (χ0n) is 20.5. The zero-order valence-corrected chi connectivity index (χ0v) is 22.1. The fraction of sp³-hybridized carbons (Fsp3) is 0.462. The first-order valence-corrected chi connectivity index (χ1v) is 13.9. The van der Waals surface area contributed by atoms with Crippen LogP contribution in [0.3, 0.4) is 0 Å². The number of halogens is 3. The van der Waals surface area contributed by atoms with Gasteiger partial charge in [0.1, 0.15) is 10.8 Å². The number of likely N-dealkylation sites (tertiary alicyclic amines) is 1. The molecule has 2 heterocycles. The number of rotatable bonds is 8. The van der Waals surface area contributed by atoms with Gasteiger partial charge in [-0.05, 0) is 74.7 Å². The largest absolute Gasteiger partial charge is 0.755 e. The Bertz CT molecular complexity index is 1190. The predicted molar refractivity (Wildman–Crippen MR) is 138 cm³/mol. The lowest BCUT2D eigenvalue weighted by atomic mass is 9.92. The quantitative estimate of drug-likeness (QED) is 0.303. The highest BCUT2D eigenvalue weighted by Gasteiger charge is 2.34. The summed E-state index contributed by atoms with van der Waals surface area (Å²) >= 11 is -1.03. The van der Waals surface area contributed by atoms with Gasteiger partial charge in [-0.25, -0.2) is 0 Å². The minimum absolute atomic E-state index is 0.160. The summed E-state index contributed by atoms with van der Waals surface area (Å²) in [6.07, 6.45) is -1.10. The molecular weight excluding hydrogens is 509 g/mol. The third-order valence-corrected chi connectivity index (χ3v) is 9.02. The standard InChI is InChI=1S/C26H31F3N2O3S2/c1-17-7-6-8-18(2)31(17)21(15-20-11-13-22(14-12-20)34-26(27,28)29)16-30(36(32)33)25-19(3)23-9-4-5-10-24(23)35-25/h4-5,9-14,17-18,21H,6-8,15-16H2,1-3H3,(H,32,33)/p-1. The van der Waals surface area contributed by atoms with Crippen molar-refractivity contribution in [1.82, 2.24) is 4.90 Å². The topological polar surface area (TPSA) is 55.8 Å². The van der Waals surface area contributed by atoms with Crippen molar-refractivity contribution in [1.29, 1.82) is 0 Å². The normalized spacial score (nSPS) is 20.9. The summed E-state index contributed by atoms with van der Waals surface area (Å²) in [5.41, 5.74) is 1.75. The lowest BCUT2D eigenvalue weighted by Crippen LogP contribution is -2.54. The Labute approximate surface area is 216 Å². The molecule has 4 rings (SSSR count). The van der Waals surface area contributed by atoms with Crippen molar-refractivity contribution in [3.63, 3.8) is 0 Å². The minimum Gasteiger partial charge on any atom is -0.755 e. The molecular formula is C26H30F3N2O3S2-. The first kappa shape index (κ1) is 26.9. The monoisotopic (exact) mass is 539 g/mol. The molecule has 3 aromatic rings. The van der Waals surface area contributed by atoms with Gasteiger partial charge in [0.05, 0.1) is 0 Å². The molecule has 1 saturated heterocycles. The minimum atomic E-state index is -4.75. The van der Waals surface area contributed by atoms with Crippen LogP contribution in [0.2, 0.25) is 0 Å².